The summed E-state index contributed by atoms with van der Waals surface area (Å²) in [4.78, 5) is 1.20. The van der Waals surface area contributed by atoms with Crippen molar-refractivity contribution < 1.29 is 4.39 Å². The maximum atomic E-state index is 13.4. The highest BCUT2D eigenvalue weighted by atomic mass is 32.1. The summed E-state index contributed by atoms with van der Waals surface area (Å²) >= 11 is 1.65. The molecule has 0 saturated carbocycles. The molecule has 1 aromatic carbocycles. The van der Waals surface area contributed by atoms with E-state index in [1.165, 1.54) is 16.5 Å². The number of hydrogen-bond acceptors (Lipinski definition) is 3. The molecule has 0 saturated heterocycles. The van der Waals surface area contributed by atoms with Gasteiger partial charge in [-0.15, -0.1) is 11.3 Å². The number of rotatable bonds is 3. The molecule has 0 amide bonds. The molecule has 2 nitrogen and oxygen atoms in total. The molecule has 84 valence electrons. The zero-order chi connectivity index (χ0) is 11.5. The van der Waals surface area contributed by atoms with Gasteiger partial charge < -0.3 is 11.1 Å². The van der Waals surface area contributed by atoms with E-state index in [0.29, 0.717) is 17.9 Å². The maximum Gasteiger partial charge on any atom is 0.148 e. The minimum atomic E-state index is -0.311. The van der Waals surface area contributed by atoms with E-state index >= 15 is 0 Å². The molecule has 0 aliphatic carbocycles. The van der Waals surface area contributed by atoms with E-state index in [4.69, 9.17) is 5.73 Å². The summed E-state index contributed by atoms with van der Waals surface area (Å²) in [6.45, 7) is 2.65. The molecule has 0 bridgehead atoms. The number of aryl methyl sites for hydroxylation is 1. The van der Waals surface area contributed by atoms with Crippen LogP contribution in [0.3, 0.4) is 0 Å². The zero-order valence-electron chi connectivity index (χ0n) is 8.96. The molecular formula is C12H13FN2S. The fraction of sp³-hybridized carbons (Fsp3) is 0.167. The van der Waals surface area contributed by atoms with Crippen LogP contribution in [0.1, 0.15) is 10.4 Å². The van der Waals surface area contributed by atoms with Gasteiger partial charge in [-0.25, -0.2) is 4.39 Å². The lowest BCUT2D eigenvalue weighted by Gasteiger charge is -2.09. The highest BCUT2D eigenvalue weighted by Crippen LogP contribution is 2.24. The quantitative estimate of drug-likeness (QED) is 0.802. The van der Waals surface area contributed by atoms with Crippen molar-refractivity contribution in [2.75, 3.05) is 11.1 Å². The highest BCUT2D eigenvalue weighted by molar-refractivity contribution is 7.10. The number of benzene rings is 1. The first-order valence-corrected chi connectivity index (χ1v) is 5.87. The van der Waals surface area contributed by atoms with Gasteiger partial charge in [-0.1, -0.05) is 6.07 Å². The van der Waals surface area contributed by atoms with Crippen molar-refractivity contribution in [1.82, 2.24) is 0 Å². The van der Waals surface area contributed by atoms with E-state index in [2.05, 4.69) is 5.32 Å². The van der Waals surface area contributed by atoms with Gasteiger partial charge in [0.2, 0.25) is 0 Å². The molecule has 0 unspecified atom stereocenters. The first kappa shape index (κ1) is 11.0. The first-order valence-electron chi connectivity index (χ1n) is 4.99. The van der Waals surface area contributed by atoms with Crippen molar-refractivity contribution in [3.63, 3.8) is 0 Å². The van der Waals surface area contributed by atoms with Crippen LogP contribution >= 0.6 is 11.3 Å². The van der Waals surface area contributed by atoms with Crippen LogP contribution in [0.25, 0.3) is 0 Å². The van der Waals surface area contributed by atoms with Gasteiger partial charge in [0.15, 0.2) is 0 Å². The lowest BCUT2D eigenvalue weighted by molar-refractivity contribution is 0.631. The van der Waals surface area contributed by atoms with Crippen molar-refractivity contribution >= 4 is 22.7 Å². The Morgan fingerprint density at radius 1 is 1.38 bits per heavy atom. The Morgan fingerprint density at radius 2 is 2.19 bits per heavy atom. The van der Waals surface area contributed by atoms with Crippen LogP contribution in [-0.4, -0.2) is 0 Å². The summed E-state index contributed by atoms with van der Waals surface area (Å²) in [5, 5.41) is 5.06. The van der Waals surface area contributed by atoms with Crippen LogP contribution in [0.15, 0.2) is 29.6 Å². The molecule has 0 aliphatic heterocycles. The fourth-order valence-corrected chi connectivity index (χ4v) is 2.33. The molecule has 16 heavy (non-hydrogen) atoms. The second-order valence-corrected chi connectivity index (χ2v) is 4.59. The van der Waals surface area contributed by atoms with Gasteiger partial charge in [0.05, 0.1) is 11.4 Å². The Morgan fingerprint density at radius 3 is 2.81 bits per heavy atom. The topological polar surface area (TPSA) is 38.0 Å². The molecule has 4 heteroatoms. The second kappa shape index (κ2) is 4.53. The molecule has 0 fully saturated rings. The van der Waals surface area contributed by atoms with E-state index in [0.717, 1.165) is 0 Å². The summed E-state index contributed by atoms with van der Waals surface area (Å²) < 4.78 is 13.4. The fourth-order valence-electron chi connectivity index (χ4n) is 1.48. The number of para-hydroxylation sites is 1. The summed E-state index contributed by atoms with van der Waals surface area (Å²) in [6.07, 6.45) is 0. The summed E-state index contributed by atoms with van der Waals surface area (Å²) in [6, 6.07) is 6.74. The van der Waals surface area contributed by atoms with Crippen LogP contribution in [0.4, 0.5) is 15.8 Å². The number of nitrogens with two attached hydrogens (primary N) is 1. The Labute approximate surface area is 97.9 Å². The predicted molar refractivity (Wildman–Crippen MR) is 67.2 cm³/mol. The summed E-state index contributed by atoms with van der Waals surface area (Å²) in [5.41, 5.74) is 7.74. The van der Waals surface area contributed by atoms with Gasteiger partial charge in [0.25, 0.3) is 0 Å². The van der Waals surface area contributed by atoms with E-state index in [1.54, 1.807) is 23.5 Å². The van der Waals surface area contributed by atoms with Crippen LogP contribution in [0, 0.1) is 12.7 Å². The Bertz CT molecular complexity index is 473. The van der Waals surface area contributed by atoms with Gasteiger partial charge in [0, 0.05) is 11.4 Å². The number of thiophene rings is 1. The average molecular weight is 236 g/mol. The molecule has 3 N–H and O–H groups in total. The van der Waals surface area contributed by atoms with Gasteiger partial charge in [-0.05, 0) is 36.1 Å². The Balaban J connectivity index is 2.14. The maximum absolute atomic E-state index is 13.4. The van der Waals surface area contributed by atoms with Crippen molar-refractivity contribution in [3.05, 3.63) is 45.9 Å². The van der Waals surface area contributed by atoms with Crippen LogP contribution in [0.2, 0.25) is 0 Å². The Hall–Kier alpha value is -1.55. The number of hydrogen-bond donors (Lipinski definition) is 2. The molecule has 1 aromatic heterocycles. The highest BCUT2D eigenvalue weighted by Gasteiger charge is 2.06. The zero-order valence-corrected chi connectivity index (χ0v) is 9.77. The van der Waals surface area contributed by atoms with Crippen LogP contribution < -0.4 is 11.1 Å². The molecular weight excluding hydrogens is 223 g/mol. The van der Waals surface area contributed by atoms with E-state index in [-0.39, 0.29) is 5.82 Å². The average Bonchev–Trinajstić information content (AvgIpc) is 2.64. The monoisotopic (exact) mass is 236 g/mol. The third-order valence-electron chi connectivity index (χ3n) is 2.44. The lowest BCUT2D eigenvalue weighted by Crippen LogP contribution is -2.04. The van der Waals surface area contributed by atoms with Crippen molar-refractivity contribution in [3.8, 4) is 0 Å². The smallest absolute Gasteiger partial charge is 0.148 e. The van der Waals surface area contributed by atoms with Gasteiger partial charge >= 0.3 is 0 Å². The second-order valence-electron chi connectivity index (χ2n) is 3.58. The summed E-state index contributed by atoms with van der Waals surface area (Å²) in [5.74, 6) is -0.311. The third-order valence-corrected chi connectivity index (χ3v) is 3.46. The van der Waals surface area contributed by atoms with Crippen molar-refractivity contribution in [1.29, 1.82) is 0 Å². The third kappa shape index (κ3) is 2.17. The molecule has 2 aromatic rings. The molecule has 0 aliphatic rings. The molecule has 2 rings (SSSR count). The molecule has 1 heterocycles. The normalized spacial score (nSPS) is 10.4. The first-order chi connectivity index (χ1) is 7.68. The van der Waals surface area contributed by atoms with Gasteiger partial charge in [0.1, 0.15) is 5.82 Å². The molecule has 0 atom stereocenters. The number of anilines is 2. The van der Waals surface area contributed by atoms with Crippen LogP contribution in [0.5, 0.6) is 0 Å². The van der Waals surface area contributed by atoms with Gasteiger partial charge in [-0.3, -0.25) is 0 Å². The van der Waals surface area contributed by atoms with Crippen molar-refractivity contribution in [2.45, 2.75) is 13.5 Å². The lowest BCUT2D eigenvalue weighted by atomic mass is 10.2. The molecule has 0 radical (unpaired) electrons. The SMILES string of the molecule is Cc1ccsc1CNc1c(N)cccc1F. The minimum absolute atomic E-state index is 0.311. The molecule has 0 spiro atoms. The standard InChI is InChI=1S/C12H13FN2S/c1-8-5-6-16-11(8)7-15-12-9(13)3-2-4-10(12)14/h2-6,15H,7,14H2,1H3. The predicted octanol–water partition coefficient (Wildman–Crippen LogP) is 3.39. The van der Waals surface area contributed by atoms with E-state index in [1.807, 2.05) is 18.4 Å². The van der Waals surface area contributed by atoms with E-state index < -0.39 is 0 Å². The Kier molecular flexibility index (Phi) is 3.10. The largest absolute Gasteiger partial charge is 0.397 e. The minimum Gasteiger partial charge on any atom is -0.397 e. The van der Waals surface area contributed by atoms with Crippen molar-refractivity contribution in [2.24, 2.45) is 0 Å². The van der Waals surface area contributed by atoms with E-state index in [9.17, 15) is 4.39 Å². The van der Waals surface area contributed by atoms with Crippen LogP contribution in [-0.2, 0) is 6.54 Å². The van der Waals surface area contributed by atoms with Gasteiger partial charge in [-0.2, -0.15) is 0 Å². The number of halogens is 1. The number of nitrogens with one attached hydrogen (secondary N) is 1. The summed E-state index contributed by atoms with van der Waals surface area (Å²) in [7, 11) is 0. The number of nitrogen functional groups attached to an aromatic ring is 1.